The highest BCUT2D eigenvalue weighted by Crippen LogP contribution is 2.26. The lowest BCUT2D eigenvalue weighted by Gasteiger charge is -2.27. The molecule has 0 saturated carbocycles. The fourth-order valence-electron chi connectivity index (χ4n) is 2.85. The van der Waals surface area contributed by atoms with Crippen LogP contribution in [0.3, 0.4) is 0 Å². The number of hydrogen-bond donors (Lipinski definition) is 2. The molecule has 19 heavy (non-hydrogen) atoms. The minimum atomic E-state index is 0.510. The van der Waals surface area contributed by atoms with Gasteiger partial charge in [-0.05, 0) is 55.0 Å². The van der Waals surface area contributed by atoms with Gasteiger partial charge in [0, 0.05) is 17.4 Å². The predicted molar refractivity (Wildman–Crippen MR) is 81.5 cm³/mol. The van der Waals surface area contributed by atoms with Gasteiger partial charge in [0.2, 0.25) is 0 Å². The monoisotopic (exact) mass is 252 g/mol. The SMILES string of the molecule is Cc1c(N)cccc1NC1CCc2ccccc2C1. The van der Waals surface area contributed by atoms with E-state index in [9.17, 15) is 0 Å². The van der Waals surface area contributed by atoms with E-state index in [0.29, 0.717) is 6.04 Å². The van der Waals surface area contributed by atoms with Crippen molar-refractivity contribution in [3.8, 4) is 0 Å². The molecule has 0 amide bonds. The van der Waals surface area contributed by atoms with Crippen molar-refractivity contribution < 1.29 is 0 Å². The average molecular weight is 252 g/mol. The Morgan fingerprint density at radius 3 is 2.68 bits per heavy atom. The first-order valence-electron chi connectivity index (χ1n) is 6.92. The Morgan fingerprint density at radius 1 is 1.05 bits per heavy atom. The van der Waals surface area contributed by atoms with Crippen molar-refractivity contribution in [3.05, 3.63) is 59.2 Å². The third kappa shape index (κ3) is 2.43. The van der Waals surface area contributed by atoms with Gasteiger partial charge < -0.3 is 11.1 Å². The van der Waals surface area contributed by atoms with Crippen LogP contribution in [0.15, 0.2) is 42.5 Å². The van der Waals surface area contributed by atoms with Gasteiger partial charge in [0.1, 0.15) is 0 Å². The molecule has 3 N–H and O–H groups in total. The lowest BCUT2D eigenvalue weighted by molar-refractivity contribution is 0.610. The first-order valence-corrected chi connectivity index (χ1v) is 6.92. The summed E-state index contributed by atoms with van der Waals surface area (Å²) in [6.45, 7) is 2.08. The number of hydrogen-bond acceptors (Lipinski definition) is 2. The smallest absolute Gasteiger partial charge is 0.0392 e. The van der Waals surface area contributed by atoms with E-state index in [-0.39, 0.29) is 0 Å². The maximum atomic E-state index is 5.96. The molecule has 1 atom stereocenters. The van der Waals surface area contributed by atoms with Crippen LogP contribution in [0.4, 0.5) is 11.4 Å². The third-order valence-corrected chi connectivity index (χ3v) is 4.08. The van der Waals surface area contributed by atoms with Gasteiger partial charge in [-0.2, -0.15) is 0 Å². The molecule has 2 aromatic carbocycles. The van der Waals surface area contributed by atoms with Crippen LogP contribution in [0, 0.1) is 6.92 Å². The minimum absolute atomic E-state index is 0.510. The molecule has 0 fully saturated rings. The molecule has 0 saturated heterocycles. The Hall–Kier alpha value is -1.96. The fraction of sp³-hybridized carbons (Fsp3) is 0.294. The highest BCUT2D eigenvalue weighted by atomic mass is 14.9. The van der Waals surface area contributed by atoms with Crippen molar-refractivity contribution >= 4 is 11.4 Å². The number of rotatable bonds is 2. The van der Waals surface area contributed by atoms with E-state index in [4.69, 9.17) is 5.73 Å². The van der Waals surface area contributed by atoms with Crippen molar-refractivity contribution in [1.29, 1.82) is 0 Å². The first-order chi connectivity index (χ1) is 9.24. The van der Waals surface area contributed by atoms with E-state index in [1.807, 2.05) is 12.1 Å². The second kappa shape index (κ2) is 4.96. The van der Waals surface area contributed by atoms with Crippen molar-refractivity contribution in [1.82, 2.24) is 0 Å². The van der Waals surface area contributed by atoms with Gasteiger partial charge in [-0.1, -0.05) is 30.3 Å². The van der Waals surface area contributed by atoms with Crippen LogP contribution in [-0.4, -0.2) is 6.04 Å². The largest absolute Gasteiger partial charge is 0.398 e. The molecular weight excluding hydrogens is 232 g/mol. The van der Waals surface area contributed by atoms with E-state index < -0.39 is 0 Å². The molecule has 2 aromatic rings. The Morgan fingerprint density at radius 2 is 1.84 bits per heavy atom. The van der Waals surface area contributed by atoms with E-state index in [2.05, 4.69) is 42.6 Å². The molecule has 0 bridgehead atoms. The Balaban J connectivity index is 1.77. The molecule has 0 spiro atoms. The summed E-state index contributed by atoms with van der Waals surface area (Å²) in [6, 6.07) is 15.4. The fourth-order valence-corrected chi connectivity index (χ4v) is 2.85. The number of aryl methyl sites for hydroxylation is 1. The van der Waals surface area contributed by atoms with Crippen LogP contribution in [0.2, 0.25) is 0 Å². The van der Waals surface area contributed by atoms with Gasteiger partial charge in [-0.3, -0.25) is 0 Å². The highest BCUT2D eigenvalue weighted by Gasteiger charge is 2.18. The summed E-state index contributed by atoms with van der Waals surface area (Å²) in [5, 5.41) is 3.65. The van der Waals surface area contributed by atoms with Crippen molar-refractivity contribution in [3.63, 3.8) is 0 Å². The molecule has 3 rings (SSSR count). The summed E-state index contributed by atoms with van der Waals surface area (Å²) in [7, 11) is 0. The quantitative estimate of drug-likeness (QED) is 0.802. The summed E-state index contributed by atoms with van der Waals surface area (Å²) >= 11 is 0. The van der Waals surface area contributed by atoms with Crippen molar-refractivity contribution in [2.24, 2.45) is 0 Å². The zero-order chi connectivity index (χ0) is 13.2. The van der Waals surface area contributed by atoms with Crippen molar-refractivity contribution in [2.75, 3.05) is 11.1 Å². The first kappa shape index (κ1) is 12.1. The Bertz CT molecular complexity index is 590. The molecular formula is C17H20N2. The van der Waals surface area contributed by atoms with E-state index in [1.165, 1.54) is 23.2 Å². The summed E-state index contributed by atoms with van der Waals surface area (Å²) < 4.78 is 0. The number of nitrogens with two attached hydrogens (primary N) is 1. The van der Waals surface area contributed by atoms with Gasteiger partial charge in [0.15, 0.2) is 0 Å². The standard InChI is InChI=1S/C17H20N2/c1-12-16(18)7-4-8-17(12)19-15-10-9-13-5-2-3-6-14(13)11-15/h2-8,15,19H,9-11,18H2,1H3. The number of nitrogens with one attached hydrogen (secondary N) is 1. The van der Waals surface area contributed by atoms with Gasteiger partial charge in [0.25, 0.3) is 0 Å². The molecule has 0 aliphatic heterocycles. The number of nitrogen functional groups attached to an aromatic ring is 1. The van der Waals surface area contributed by atoms with Crippen LogP contribution in [0.1, 0.15) is 23.1 Å². The van der Waals surface area contributed by atoms with E-state index in [0.717, 1.165) is 24.1 Å². The third-order valence-electron chi connectivity index (χ3n) is 4.08. The molecule has 1 aliphatic carbocycles. The molecule has 1 unspecified atom stereocenters. The topological polar surface area (TPSA) is 38.0 Å². The second-order valence-electron chi connectivity index (χ2n) is 5.37. The normalized spacial score (nSPS) is 17.8. The number of anilines is 2. The van der Waals surface area contributed by atoms with Gasteiger partial charge in [-0.15, -0.1) is 0 Å². The van der Waals surface area contributed by atoms with Crippen LogP contribution in [-0.2, 0) is 12.8 Å². The molecule has 0 radical (unpaired) electrons. The minimum Gasteiger partial charge on any atom is -0.398 e. The summed E-state index contributed by atoms with van der Waals surface area (Å²) in [4.78, 5) is 0. The maximum Gasteiger partial charge on any atom is 0.0392 e. The summed E-state index contributed by atoms with van der Waals surface area (Å²) in [6.07, 6.45) is 3.45. The summed E-state index contributed by atoms with van der Waals surface area (Å²) in [5.74, 6) is 0. The highest BCUT2D eigenvalue weighted by molar-refractivity contribution is 5.63. The van der Waals surface area contributed by atoms with Crippen LogP contribution in [0.5, 0.6) is 0 Å². The lowest BCUT2D eigenvalue weighted by Crippen LogP contribution is -2.27. The second-order valence-corrected chi connectivity index (χ2v) is 5.37. The van der Waals surface area contributed by atoms with Crippen molar-refractivity contribution in [2.45, 2.75) is 32.2 Å². The number of benzene rings is 2. The Labute approximate surface area is 114 Å². The van der Waals surface area contributed by atoms with Crippen LogP contribution < -0.4 is 11.1 Å². The molecule has 98 valence electrons. The van der Waals surface area contributed by atoms with Crippen LogP contribution in [0.25, 0.3) is 0 Å². The predicted octanol–water partition coefficient (Wildman–Crippen LogP) is 3.55. The molecule has 1 aliphatic rings. The zero-order valence-corrected chi connectivity index (χ0v) is 11.3. The molecule has 2 nitrogen and oxygen atoms in total. The van der Waals surface area contributed by atoms with E-state index >= 15 is 0 Å². The molecule has 0 heterocycles. The molecule has 0 aromatic heterocycles. The van der Waals surface area contributed by atoms with Gasteiger partial charge in [-0.25, -0.2) is 0 Å². The average Bonchev–Trinajstić information content (AvgIpc) is 2.44. The lowest BCUT2D eigenvalue weighted by atomic mass is 9.88. The van der Waals surface area contributed by atoms with Gasteiger partial charge >= 0.3 is 0 Å². The zero-order valence-electron chi connectivity index (χ0n) is 11.3. The van der Waals surface area contributed by atoms with Gasteiger partial charge in [0.05, 0.1) is 0 Å². The Kier molecular flexibility index (Phi) is 3.16. The maximum absolute atomic E-state index is 5.96. The van der Waals surface area contributed by atoms with E-state index in [1.54, 1.807) is 0 Å². The van der Waals surface area contributed by atoms with Crippen LogP contribution >= 0.6 is 0 Å². The molecule has 2 heteroatoms. The number of fused-ring (bicyclic) bond motifs is 1. The summed E-state index contributed by atoms with van der Waals surface area (Å²) in [5.41, 5.74) is 12.1.